The molecule has 0 aliphatic rings. The van der Waals surface area contributed by atoms with Crippen molar-refractivity contribution in [3.63, 3.8) is 0 Å². The van der Waals surface area contributed by atoms with Gasteiger partial charge in [0.05, 0.1) is 12.2 Å². The van der Waals surface area contributed by atoms with Crippen molar-refractivity contribution in [3.05, 3.63) is 15.6 Å². The summed E-state index contributed by atoms with van der Waals surface area (Å²) in [5.74, 6) is -1.23. The van der Waals surface area contributed by atoms with Crippen LogP contribution in [0, 0.1) is 6.92 Å². The molecule has 1 unspecified atom stereocenters. The van der Waals surface area contributed by atoms with Gasteiger partial charge >= 0.3 is 5.97 Å². The van der Waals surface area contributed by atoms with E-state index in [-0.39, 0.29) is 17.3 Å². The number of hydrogen-bond donors (Lipinski definition) is 2. The second kappa shape index (κ2) is 6.12. The van der Waals surface area contributed by atoms with Crippen LogP contribution in [0.5, 0.6) is 0 Å². The Morgan fingerprint density at radius 3 is 2.58 bits per heavy atom. The molecular formula is C12H18N2O4S. The number of carbonyl (C=O) groups is 2. The van der Waals surface area contributed by atoms with E-state index in [2.05, 4.69) is 10.3 Å². The molecule has 106 valence electrons. The lowest BCUT2D eigenvalue weighted by Gasteiger charge is -2.24. The number of methoxy groups -OCH3 is 1. The third-order valence-electron chi connectivity index (χ3n) is 3.04. The van der Waals surface area contributed by atoms with Crippen LogP contribution < -0.4 is 5.32 Å². The molecule has 0 bridgehead atoms. The van der Waals surface area contributed by atoms with Gasteiger partial charge in [0.15, 0.2) is 0 Å². The van der Waals surface area contributed by atoms with Gasteiger partial charge in [0.2, 0.25) is 0 Å². The fourth-order valence-electron chi connectivity index (χ4n) is 1.47. The predicted molar refractivity (Wildman–Crippen MR) is 71.4 cm³/mol. The normalized spacial score (nSPS) is 13.9. The number of aromatic carboxylic acids is 1. The van der Waals surface area contributed by atoms with Gasteiger partial charge in [0, 0.05) is 7.11 Å². The van der Waals surface area contributed by atoms with Gasteiger partial charge in [-0.05, 0) is 20.3 Å². The number of aromatic nitrogens is 1. The Kier molecular flexibility index (Phi) is 5.02. The third kappa shape index (κ3) is 3.51. The van der Waals surface area contributed by atoms with Crippen molar-refractivity contribution in [1.82, 2.24) is 10.3 Å². The fraction of sp³-hybridized carbons (Fsp3) is 0.583. The molecule has 1 aromatic rings. The zero-order chi connectivity index (χ0) is 14.6. The van der Waals surface area contributed by atoms with Crippen molar-refractivity contribution >= 4 is 23.2 Å². The summed E-state index contributed by atoms with van der Waals surface area (Å²) in [5, 5.41) is 12.2. The highest BCUT2D eigenvalue weighted by Crippen LogP contribution is 2.19. The lowest BCUT2D eigenvalue weighted by atomic mass is 10.0. The molecule has 1 amide bonds. The smallest absolute Gasteiger partial charge is 0.347 e. The second-order valence-electron chi connectivity index (χ2n) is 4.30. The Balaban J connectivity index is 2.70. The Hall–Kier alpha value is -1.47. The fourth-order valence-corrected chi connectivity index (χ4v) is 2.31. The Morgan fingerprint density at radius 1 is 1.53 bits per heavy atom. The first-order valence-corrected chi connectivity index (χ1v) is 6.68. The monoisotopic (exact) mass is 286 g/mol. The molecule has 6 nitrogen and oxygen atoms in total. The van der Waals surface area contributed by atoms with Crippen LogP contribution in [0.3, 0.4) is 0 Å². The van der Waals surface area contributed by atoms with Crippen LogP contribution in [0.1, 0.15) is 40.6 Å². The number of thiazole rings is 1. The summed E-state index contributed by atoms with van der Waals surface area (Å²) in [6.45, 7) is 5.41. The average molecular weight is 286 g/mol. The molecule has 1 aromatic heterocycles. The maximum Gasteiger partial charge on any atom is 0.347 e. The highest BCUT2D eigenvalue weighted by molar-refractivity contribution is 7.13. The van der Waals surface area contributed by atoms with Gasteiger partial charge in [-0.2, -0.15) is 0 Å². The molecule has 1 heterocycles. The standard InChI is InChI=1S/C12H18N2O4S/c1-5-12(3,18-4)11(17)13-6-8-14-7(2)9(19-8)10(15)16/h5-6H2,1-4H3,(H,13,17)(H,15,16). The van der Waals surface area contributed by atoms with Gasteiger partial charge in [-0.25, -0.2) is 9.78 Å². The van der Waals surface area contributed by atoms with E-state index in [0.29, 0.717) is 17.1 Å². The minimum absolute atomic E-state index is 0.203. The van der Waals surface area contributed by atoms with E-state index in [9.17, 15) is 9.59 Å². The topological polar surface area (TPSA) is 88.5 Å². The van der Waals surface area contributed by atoms with E-state index in [1.54, 1.807) is 13.8 Å². The number of aryl methyl sites for hydroxylation is 1. The van der Waals surface area contributed by atoms with Crippen LogP contribution >= 0.6 is 11.3 Å². The highest BCUT2D eigenvalue weighted by Gasteiger charge is 2.30. The van der Waals surface area contributed by atoms with Gasteiger partial charge < -0.3 is 15.2 Å². The number of ether oxygens (including phenoxy) is 1. The summed E-state index contributed by atoms with van der Waals surface area (Å²) in [6.07, 6.45) is 0.548. The summed E-state index contributed by atoms with van der Waals surface area (Å²) in [7, 11) is 1.49. The SMILES string of the molecule is CCC(C)(OC)C(=O)NCc1nc(C)c(C(=O)O)s1. The molecule has 0 aromatic carbocycles. The highest BCUT2D eigenvalue weighted by atomic mass is 32.1. The maximum atomic E-state index is 12.0. The van der Waals surface area contributed by atoms with Crippen LogP contribution in [0.2, 0.25) is 0 Å². The van der Waals surface area contributed by atoms with Crippen molar-refractivity contribution in [2.24, 2.45) is 0 Å². The first-order chi connectivity index (χ1) is 8.84. The van der Waals surface area contributed by atoms with Crippen molar-refractivity contribution in [2.45, 2.75) is 39.3 Å². The molecular weight excluding hydrogens is 268 g/mol. The molecule has 19 heavy (non-hydrogen) atoms. The van der Waals surface area contributed by atoms with Crippen LogP contribution in [-0.4, -0.2) is 34.7 Å². The first kappa shape index (κ1) is 15.6. The van der Waals surface area contributed by atoms with E-state index >= 15 is 0 Å². The molecule has 1 atom stereocenters. The summed E-state index contributed by atoms with van der Waals surface area (Å²) in [4.78, 5) is 27.2. The van der Waals surface area contributed by atoms with Gasteiger partial charge in [-0.3, -0.25) is 4.79 Å². The summed E-state index contributed by atoms with van der Waals surface area (Å²) >= 11 is 1.07. The van der Waals surface area contributed by atoms with E-state index in [0.717, 1.165) is 11.3 Å². The van der Waals surface area contributed by atoms with Gasteiger partial charge in [0.25, 0.3) is 5.91 Å². The average Bonchev–Trinajstić information content (AvgIpc) is 2.76. The lowest BCUT2D eigenvalue weighted by Crippen LogP contribution is -2.45. The maximum absolute atomic E-state index is 12.0. The number of amides is 1. The van der Waals surface area contributed by atoms with E-state index < -0.39 is 11.6 Å². The summed E-state index contributed by atoms with van der Waals surface area (Å²) in [5.41, 5.74) is -0.409. The van der Waals surface area contributed by atoms with E-state index in [1.807, 2.05) is 6.92 Å². The summed E-state index contributed by atoms with van der Waals surface area (Å²) in [6, 6.07) is 0. The van der Waals surface area contributed by atoms with Gasteiger partial charge in [-0.15, -0.1) is 11.3 Å². The molecule has 0 saturated heterocycles. The summed E-state index contributed by atoms with van der Waals surface area (Å²) < 4.78 is 5.18. The molecule has 2 N–H and O–H groups in total. The Bertz CT molecular complexity index is 480. The van der Waals surface area contributed by atoms with E-state index in [4.69, 9.17) is 9.84 Å². The zero-order valence-corrected chi connectivity index (χ0v) is 12.3. The molecule has 1 rings (SSSR count). The number of carboxylic acid groups (broad SMARTS) is 1. The number of carbonyl (C=O) groups excluding carboxylic acids is 1. The van der Waals surface area contributed by atoms with Crippen LogP contribution in [-0.2, 0) is 16.1 Å². The Labute approximate surface area is 115 Å². The number of hydrogen-bond acceptors (Lipinski definition) is 5. The number of rotatable bonds is 6. The molecule has 0 aliphatic heterocycles. The Morgan fingerprint density at radius 2 is 2.16 bits per heavy atom. The molecule has 0 radical (unpaired) electrons. The van der Waals surface area contributed by atoms with Crippen molar-refractivity contribution in [2.75, 3.05) is 7.11 Å². The van der Waals surface area contributed by atoms with Crippen LogP contribution in [0.15, 0.2) is 0 Å². The van der Waals surface area contributed by atoms with Crippen LogP contribution in [0.25, 0.3) is 0 Å². The molecule has 0 saturated carbocycles. The van der Waals surface area contributed by atoms with Crippen LogP contribution in [0.4, 0.5) is 0 Å². The minimum Gasteiger partial charge on any atom is -0.477 e. The third-order valence-corrected chi connectivity index (χ3v) is 4.19. The van der Waals surface area contributed by atoms with Gasteiger partial charge in [0.1, 0.15) is 15.5 Å². The number of nitrogens with one attached hydrogen (secondary N) is 1. The first-order valence-electron chi connectivity index (χ1n) is 5.87. The molecule has 0 aliphatic carbocycles. The van der Waals surface area contributed by atoms with Crippen molar-refractivity contribution in [1.29, 1.82) is 0 Å². The van der Waals surface area contributed by atoms with E-state index in [1.165, 1.54) is 7.11 Å². The minimum atomic E-state index is -0.997. The van der Waals surface area contributed by atoms with Crippen molar-refractivity contribution in [3.8, 4) is 0 Å². The second-order valence-corrected chi connectivity index (χ2v) is 5.38. The predicted octanol–water partition coefficient (Wildman–Crippen LogP) is 1.58. The molecule has 0 spiro atoms. The molecule has 0 fully saturated rings. The number of nitrogens with zero attached hydrogens (tertiary/aromatic N) is 1. The van der Waals surface area contributed by atoms with Crippen molar-refractivity contribution < 1.29 is 19.4 Å². The van der Waals surface area contributed by atoms with Gasteiger partial charge in [-0.1, -0.05) is 6.92 Å². The molecule has 7 heteroatoms. The number of carboxylic acids is 1. The zero-order valence-electron chi connectivity index (χ0n) is 11.4. The largest absolute Gasteiger partial charge is 0.477 e. The lowest BCUT2D eigenvalue weighted by molar-refractivity contribution is -0.142. The quantitative estimate of drug-likeness (QED) is 0.829.